The van der Waals surface area contributed by atoms with E-state index in [2.05, 4.69) is 30.8 Å². The van der Waals surface area contributed by atoms with Gasteiger partial charge < -0.3 is 4.74 Å². The Morgan fingerprint density at radius 3 is 2.31 bits per heavy atom. The Balaban J connectivity index is 2.40. The summed E-state index contributed by atoms with van der Waals surface area (Å²) in [7, 11) is 1.64. The van der Waals surface area contributed by atoms with Crippen molar-refractivity contribution in [3.05, 3.63) is 66.7 Å². The van der Waals surface area contributed by atoms with E-state index in [4.69, 9.17) is 4.74 Å². The van der Waals surface area contributed by atoms with Crippen LogP contribution in [0.2, 0.25) is 0 Å². The zero-order valence-corrected chi connectivity index (χ0v) is 9.31. The number of methoxy groups -OCH3 is 1. The van der Waals surface area contributed by atoms with E-state index in [1.54, 1.807) is 7.11 Å². The molecule has 80 valence electrons. The van der Waals surface area contributed by atoms with Gasteiger partial charge in [0.25, 0.3) is 0 Å². The number of hydrogen-bond acceptors (Lipinski definition) is 1. The highest BCUT2D eigenvalue weighted by Crippen LogP contribution is 2.22. The highest BCUT2D eigenvalue weighted by atomic mass is 16.5. The van der Waals surface area contributed by atoms with Crippen molar-refractivity contribution in [2.24, 2.45) is 0 Å². The van der Waals surface area contributed by atoms with E-state index in [1.165, 1.54) is 11.1 Å². The zero-order valence-electron chi connectivity index (χ0n) is 9.31. The summed E-state index contributed by atoms with van der Waals surface area (Å²) in [6, 6.07) is 18.5. The fourth-order valence-corrected chi connectivity index (χ4v) is 1.62. The van der Waals surface area contributed by atoms with Crippen LogP contribution in [-0.4, -0.2) is 7.11 Å². The average Bonchev–Trinajstić information content (AvgIpc) is 2.39. The molecule has 0 N–H and O–H groups in total. The van der Waals surface area contributed by atoms with Crippen LogP contribution in [0.5, 0.6) is 0 Å². The monoisotopic (exact) mass is 210 g/mol. The van der Waals surface area contributed by atoms with Gasteiger partial charge in [-0.15, -0.1) is 0 Å². The van der Waals surface area contributed by atoms with Gasteiger partial charge in [0.05, 0.1) is 7.11 Å². The number of rotatable bonds is 3. The van der Waals surface area contributed by atoms with Gasteiger partial charge in [0, 0.05) is 5.56 Å². The van der Waals surface area contributed by atoms with Gasteiger partial charge in [0.1, 0.15) is 5.76 Å². The molecule has 2 aromatic rings. The molecule has 0 unspecified atom stereocenters. The minimum atomic E-state index is 0.692. The van der Waals surface area contributed by atoms with Crippen molar-refractivity contribution in [2.75, 3.05) is 7.11 Å². The van der Waals surface area contributed by atoms with Crippen LogP contribution in [0.1, 0.15) is 5.56 Å². The molecule has 0 amide bonds. The summed E-state index contributed by atoms with van der Waals surface area (Å²) in [5, 5.41) is 0. The smallest absolute Gasteiger partial charge is 0.118 e. The maximum absolute atomic E-state index is 5.13. The molecule has 2 rings (SSSR count). The number of ether oxygens (including phenoxy) is 1. The lowest BCUT2D eigenvalue weighted by molar-refractivity contribution is 0.371. The first kappa shape index (κ1) is 10.5. The van der Waals surface area contributed by atoms with Crippen molar-refractivity contribution in [1.29, 1.82) is 0 Å². The predicted octanol–water partition coefficient (Wildman–Crippen LogP) is 3.97. The third-order valence-corrected chi connectivity index (χ3v) is 2.54. The second-order valence-corrected chi connectivity index (χ2v) is 3.57. The van der Waals surface area contributed by atoms with E-state index in [0.717, 1.165) is 5.56 Å². The summed E-state index contributed by atoms with van der Waals surface area (Å²) in [5.74, 6) is 0.692. The summed E-state index contributed by atoms with van der Waals surface area (Å²) in [6.07, 6.45) is 0. The summed E-state index contributed by atoms with van der Waals surface area (Å²) >= 11 is 0. The zero-order chi connectivity index (χ0) is 11.4. The van der Waals surface area contributed by atoms with E-state index >= 15 is 0 Å². The lowest BCUT2D eigenvalue weighted by Crippen LogP contribution is -1.86. The van der Waals surface area contributed by atoms with Crippen molar-refractivity contribution in [3.8, 4) is 11.1 Å². The molecule has 0 spiro atoms. The van der Waals surface area contributed by atoms with E-state index in [0.29, 0.717) is 5.76 Å². The molecule has 0 radical (unpaired) electrons. The normalized spacial score (nSPS) is 9.81. The predicted molar refractivity (Wildman–Crippen MR) is 67.9 cm³/mol. The first-order chi connectivity index (χ1) is 7.81. The van der Waals surface area contributed by atoms with Crippen molar-refractivity contribution in [2.45, 2.75) is 0 Å². The molecule has 2 aromatic carbocycles. The van der Waals surface area contributed by atoms with E-state index in [9.17, 15) is 0 Å². The molecule has 0 aromatic heterocycles. The summed E-state index contributed by atoms with van der Waals surface area (Å²) in [5.41, 5.74) is 3.40. The van der Waals surface area contributed by atoms with Gasteiger partial charge in [-0.2, -0.15) is 0 Å². The van der Waals surface area contributed by atoms with Crippen molar-refractivity contribution < 1.29 is 4.74 Å². The molecule has 0 aliphatic heterocycles. The molecule has 1 nitrogen and oxygen atoms in total. The van der Waals surface area contributed by atoms with Crippen LogP contribution in [0.3, 0.4) is 0 Å². The van der Waals surface area contributed by atoms with Gasteiger partial charge in [-0.3, -0.25) is 0 Å². The fraction of sp³-hybridized carbons (Fsp3) is 0.0667. The van der Waals surface area contributed by atoms with Gasteiger partial charge >= 0.3 is 0 Å². The Bertz CT molecular complexity index is 486. The molecule has 16 heavy (non-hydrogen) atoms. The van der Waals surface area contributed by atoms with E-state index < -0.39 is 0 Å². The van der Waals surface area contributed by atoms with Crippen molar-refractivity contribution in [3.63, 3.8) is 0 Å². The van der Waals surface area contributed by atoms with E-state index in [1.807, 2.05) is 30.3 Å². The molecule has 0 saturated heterocycles. The number of benzene rings is 2. The van der Waals surface area contributed by atoms with Crippen LogP contribution >= 0.6 is 0 Å². The molecule has 0 fully saturated rings. The van der Waals surface area contributed by atoms with Crippen LogP contribution in [0, 0.1) is 0 Å². The van der Waals surface area contributed by atoms with Gasteiger partial charge in [-0.1, -0.05) is 55.1 Å². The molecule has 0 bridgehead atoms. The molecule has 0 aliphatic rings. The highest BCUT2D eigenvalue weighted by Gasteiger charge is 2.01. The van der Waals surface area contributed by atoms with Gasteiger partial charge in [-0.25, -0.2) is 0 Å². The Morgan fingerprint density at radius 1 is 0.938 bits per heavy atom. The molecule has 1 heteroatoms. The molecule has 0 saturated carbocycles. The first-order valence-corrected chi connectivity index (χ1v) is 5.20. The molecular formula is C15H14O. The Hall–Kier alpha value is -2.02. The quantitative estimate of drug-likeness (QED) is 0.696. The van der Waals surface area contributed by atoms with Crippen LogP contribution in [-0.2, 0) is 4.74 Å². The van der Waals surface area contributed by atoms with Crippen LogP contribution < -0.4 is 0 Å². The van der Waals surface area contributed by atoms with Gasteiger partial charge in [0.2, 0.25) is 0 Å². The topological polar surface area (TPSA) is 9.23 Å². The molecule has 0 atom stereocenters. The third kappa shape index (κ3) is 2.14. The molecule has 0 aliphatic carbocycles. The van der Waals surface area contributed by atoms with Crippen LogP contribution in [0.4, 0.5) is 0 Å². The van der Waals surface area contributed by atoms with Crippen LogP contribution in [0.25, 0.3) is 16.9 Å². The lowest BCUT2D eigenvalue weighted by atomic mass is 10.0. The van der Waals surface area contributed by atoms with Crippen molar-refractivity contribution >= 4 is 5.76 Å². The molecule has 0 heterocycles. The molecular weight excluding hydrogens is 196 g/mol. The van der Waals surface area contributed by atoms with Crippen molar-refractivity contribution in [1.82, 2.24) is 0 Å². The minimum absolute atomic E-state index is 0.692. The average molecular weight is 210 g/mol. The lowest BCUT2D eigenvalue weighted by Gasteiger charge is -2.07. The maximum Gasteiger partial charge on any atom is 0.118 e. The highest BCUT2D eigenvalue weighted by molar-refractivity contribution is 5.69. The second-order valence-electron chi connectivity index (χ2n) is 3.57. The summed E-state index contributed by atoms with van der Waals surface area (Å²) < 4.78 is 5.13. The fourth-order valence-electron chi connectivity index (χ4n) is 1.62. The number of hydrogen-bond donors (Lipinski definition) is 0. The standard InChI is InChI=1S/C15H14O/c1-12(16-2)14-9-6-10-15(11-14)13-7-4-3-5-8-13/h3-11H,1H2,2H3. The summed E-state index contributed by atoms with van der Waals surface area (Å²) in [6.45, 7) is 3.86. The Morgan fingerprint density at radius 2 is 1.62 bits per heavy atom. The Labute approximate surface area is 96.0 Å². The van der Waals surface area contributed by atoms with Crippen LogP contribution in [0.15, 0.2) is 61.2 Å². The van der Waals surface area contributed by atoms with Gasteiger partial charge in [0.15, 0.2) is 0 Å². The van der Waals surface area contributed by atoms with E-state index in [-0.39, 0.29) is 0 Å². The third-order valence-electron chi connectivity index (χ3n) is 2.54. The Kier molecular flexibility index (Phi) is 3.06. The largest absolute Gasteiger partial charge is 0.497 e. The second kappa shape index (κ2) is 4.67. The maximum atomic E-state index is 5.13. The first-order valence-electron chi connectivity index (χ1n) is 5.20. The minimum Gasteiger partial charge on any atom is -0.497 e. The summed E-state index contributed by atoms with van der Waals surface area (Å²) in [4.78, 5) is 0. The van der Waals surface area contributed by atoms with Gasteiger partial charge in [-0.05, 0) is 17.2 Å². The SMILES string of the molecule is C=C(OC)c1cccc(-c2ccccc2)c1.